The molecule has 0 spiro atoms. The first kappa shape index (κ1) is 23.5. The van der Waals surface area contributed by atoms with Gasteiger partial charge in [-0.05, 0) is 67.1 Å². The molecule has 3 aromatic rings. The summed E-state index contributed by atoms with van der Waals surface area (Å²) in [7, 11) is 0. The lowest BCUT2D eigenvalue weighted by Crippen LogP contribution is -2.20. The van der Waals surface area contributed by atoms with E-state index in [1.54, 1.807) is 36.4 Å². The number of hydrogen-bond acceptors (Lipinski definition) is 4. The molecule has 0 bridgehead atoms. The number of carbonyl (C=O) groups excluding carboxylic acids is 2. The molecule has 0 aliphatic carbocycles. The molecule has 0 fully saturated rings. The predicted molar refractivity (Wildman–Crippen MR) is 118 cm³/mol. The average molecular weight is 455 g/mol. The third-order valence-electron chi connectivity index (χ3n) is 4.42. The second-order valence-corrected chi connectivity index (χ2v) is 7.05. The van der Waals surface area contributed by atoms with Crippen LogP contribution in [0.5, 0.6) is 5.75 Å². The molecule has 2 N–H and O–H groups in total. The maximum Gasteiger partial charge on any atom is 0.416 e. The molecule has 2 amide bonds. The van der Waals surface area contributed by atoms with E-state index in [0.29, 0.717) is 17.0 Å². The highest BCUT2D eigenvalue weighted by Crippen LogP contribution is 2.29. The summed E-state index contributed by atoms with van der Waals surface area (Å²) in [4.78, 5) is 24.0. The number of hydrogen-bond donors (Lipinski definition) is 2. The lowest BCUT2D eigenvalue weighted by Gasteiger charge is -2.08. The zero-order chi connectivity index (χ0) is 23.8. The second kappa shape index (κ2) is 10.4. The zero-order valence-corrected chi connectivity index (χ0v) is 17.5. The van der Waals surface area contributed by atoms with E-state index in [1.807, 2.05) is 19.1 Å². The molecule has 0 saturated heterocycles. The molecule has 33 heavy (non-hydrogen) atoms. The molecule has 3 aromatic carbocycles. The van der Waals surface area contributed by atoms with Crippen molar-refractivity contribution < 1.29 is 27.5 Å². The largest absolute Gasteiger partial charge is 0.484 e. The number of anilines is 1. The number of rotatable bonds is 7. The van der Waals surface area contributed by atoms with Crippen molar-refractivity contribution >= 4 is 23.7 Å². The van der Waals surface area contributed by atoms with Crippen LogP contribution in [-0.4, -0.2) is 24.6 Å². The van der Waals surface area contributed by atoms with E-state index in [2.05, 4.69) is 15.8 Å². The highest BCUT2D eigenvalue weighted by molar-refractivity contribution is 5.95. The van der Waals surface area contributed by atoms with Gasteiger partial charge in [0.1, 0.15) is 5.75 Å². The van der Waals surface area contributed by atoms with Gasteiger partial charge in [0.05, 0.1) is 11.8 Å². The van der Waals surface area contributed by atoms with Crippen molar-refractivity contribution in [2.75, 3.05) is 11.9 Å². The van der Waals surface area contributed by atoms with Gasteiger partial charge in [0, 0.05) is 11.3 Å². The number of amides is 2. The Kier molecular flexibility index (Phi) is 7.45. The number of hydrazone groups is 1. The Morgan fingerprint density at radius 2 is 1.70 bits per heavy atom. The quantitative estimate of drug-likeness (QED) is 0.397. The number of alkyl halides is 3. The second-order valence-electron chi connectivity index (χ2n) is 7.05. The van der Waals surface area contributed by atoms with E-state index in [9.17, 15) is 22.8 Å². The summed E-state index contributed by atoms with van der Waals surface area (Å²) in [5.41, 5.74) is 3.48. The van der Waals surface area contributed by atoms with Crippen LogP contribution in [0.1, 0.15) is 27.0 Å². The van der Waals surface area contributed by atoms with Crippen LogP contribution in [-0.2, 0) is 11.0 Å². The molecule has 170 valence electrons. The minimum atomic E-state index is -4.54. The molecular weight excluding hydrogens is 435 g/mol. The van der Waals surface area contributed by atoms with Crippen LogP contribution in [0.2, 0.25) is 0 Å². The van der Waals surface area contributed by atoms with Crippen LogP contribution < -0.4 is 15.5 Å². The Labute approximate surface area is 188 Å². The van der Waals surface area contributed by atoms with Gasteiger partial charge in [0.25, 0.3) is 11.8 Å². The number of nitrogens with zero attached hydrogens (tertiary/aromatic N) is 1. The predicted octanol–water partition coefficient (Wildman–Crippen LogP) is 4.80. The fourth-order valence-electron chi connectivity index (χ4n) is 2.70. The summed E-state index contributed by atoms with van der Waals surface area (Å²) >= 11 is 0. The number of ether oxygens (including phenoxy) is 1. The molecule has 9 heteroatoms. The minimum Gasteiger partial charge on any atom is -0.484 e. The molecule has 0 unspecified atom stereocenters. The first-order valence-electron chi connectivity index (χ1n) is 9.81. The molecule has 0 aromatic heterocycles. The Morgan fingerprint density at radius 1 is 1.00 bits per heavy atom. The SMILES string of the molecule is Cc1ccc(NC(=O)COc2ccc(/C=N\NC(=O)c3cccc(C(F)(F)F)c3)cc2)cc1. The van der Waals surface area contributed by atoms with Gasteiger partial charge in [-0.1, -0.05) is 23.8 Å². The van der Waals surface area contributed by atoms with Crippen molar-refractivity contribution in [1.82, 2.24) is 5.43 Å². The number of halogens is 3. The van der Waals surface area contributed by atoms with Crippen molar-refractivity contribution in [3.05, 3.63) is 95.1 Å². The summed E-state index contributed by atoms with van der Waals surface area (Å²) in [6.07, 6.45) is -3.20. The maximum absolute atomic E-state index is 12.8. The molecule has 0 heterocycles. The maximum atomic E-state index is 12.8. The van der Waals surface area contributed by atoms with Gasteiger partial charge in [-0.15, -0.1) is 0 Å². The Bertz CT molecular complexity index is 1140. The minimum absolute atomic E-state index is 0.158. The van der Waals surface area contributed by atoms with Crippen molar-refractivity contribution in [2.45, 2.75) is 13.1 Å². The molecule has 3 rings (SSSR count). The summed E-state index contributed by atoms with van der Waals surface area (Å²) < 4.78 is 43.7. The first-order valence-corrected chi connectivity index (χ1v) is 9.81. The van der Waals surface area contributed by atoms with Crippen molar-refractivity contribution in [1.29, 1.82) is 0 Å². The third kappa shape index (κ3) is 7.20. The Hall–Kier alpha value is -4.14. The van der Waals surface area contributed by atoms with Gasteiger partial charge in [-0.25, -0.2) is 5.43 Å². The monoisotopic (exact) mass is 455 g/mol. The smallest absolute Gasteiger partial charge is 0.416 e. The molecule has 0 saturated carbocycles. The molecule has 0 aliphatic heterocycles. The molecular formula is C24H20F3N3O3. The van der Waals surface area contributed by atoms with E-state index in [0.717, 1.165) is 23.8 Å². The van der Waals surface area contributed by atoms with Gasteiger partial charge in [-0.2, -0.15) is 18.3 Å². The summed E-state index contributed by atoms with van der Waals surface area (Å²) in [5, 5.41) is 6.48. The topological polar surface area (TPSA) is 79.8 Å². The van der Waals surface area contributed by atoms with E-state index in [4.69, 9.17) is 4.74 Å². The molecule has 0 radical (unpaired) electrons. The fraction of sp³-hybridized carbons (Fsp3) is 0.125. The van der Waals surface area contributed by atoms with Gasteiger partial charge >= 0.3 is 6.18 Å². The van der Waals surface area contributed by atoms with Gasteiger partial charge in [0.15, 0.2) is 6.61 Å². The number of carbonyl (C=O) groups is 2. The lowest BCUT2D eigenvalue weighted by molar-refractivity contribution is -0.137. The highest BCUT2D eigenvalue weighted by atomic mass is 19.4. The van der Waals surface area contributed by atoms with Crippen molar-refractivity contribution in [3.8, 4) is 5.75 Å². The lowest BCUT2D eigenvalue weighted by atomic mass is 10.1. The number of benzene rings is 3. The van der Waals surface area contributed by atoms with E-state index < -0.39 is 17.6 Å². The third-order valence-corrected chi connectivity index (χ3v) is 4.42. The average Bonchev–Trinajstić information content (AvgIpc) is 2.79. The van der Waals surface area contributed by atoms with Crippen molar-refractivity contribution in [2.24, 2.45) is 5.10 Å². The van der Waals surface area contributed by atoms with Gasteiger partial charge < -0.3 is 10.1 Å². The van der Waals surface area contributed by atoms with Gasteiger partial charge in [0.2, 0.25) is 0 Å². The number of aryl methyl sites for hydroxylation is 1. The van der Waals surface area contributed by atoms with Crippen molar-refractivity contribution in [3.63, 3.8) is 0 Å². The standard InChI is InChI=1S/C24H20F3N3O3/c1-16-5-9-20(10-6-16)29-22(31)15-33-21-11-7-17(8-12-21)14-28-30-23(32)18-3-2-4-19(13-18)24(25,26)27/h2-14H,15H2,1H3,(H,29,31)(H,30,32)/b28-14-. The number of nitrogens with one attached hydrogen (secondary N) is 2. The van der Waals surface area contributed by atoms with E-state index in [-0.39, 0.29) is 18.1 Å². The summed E-state index contributed by atoms with van der Waals surface area (Å²) in [5.74, 6) is -0.613. The Morgan fingerprint density at radius 3 is 2.36 bits per heavy atom. The van der Waals surface area contributed by atoms with E-state index in [1.165, 1.54) is 12.3 Å². The molecule has 6 nitrogen and oxygen atoms in total. The fourth-order valence-corrected chi connectivity index (χ4v) is 2.70. The summed E-state index contributed by atoms with van der Waals surface area (Å²) in [6, 6.07) is 18.0. The van der Waals surface area contributed by atoms with Crippen LogP contribution in [0.15, 0.2) is 77.9 Å². The van der Waals surface area contributed by atoms with Crippen LogP contribution in [0.3, 0.4) is 0 Å². The van der Waals surface area contributed by atoms with Crippen LogP contribution in [0.25, 0.3) is 0 Å². The molecule has 0 atom stereocenters. The van der Waals surface area contributed by atoms with Gasteiger partial charge in [-0.3, -0.25) is 9.59 Å². The molecule has 0 aliphatic rings. The van der Waals surface area contributed by atoms with Crippen LogP contribution in [0, 0.1) is 6.92 Å². The van der Waals surface area contributed by atoms with Crippen LogP contribution in [0.4, 0.5) is 18.9 Å². The van der Waals surface area contributed by atoms with E-state index >= 15 is 0 Å². The van der Waals surface area contributed by atoms with Crippen LogP contribution >= 0.6 is 0 Å². The normalized spacial score (nSPS) is 11.3. The summed E-state index contributed by atoms with van der Waals surface area (Å²) in [6.45, 7) is 1.78. The Balaban J connectivity index is 1.48. The zero-order valence-electron chi connectivity index (χ0n) is 17.5. The first-order chi connectivity index (χ1) is 15.7. The highest BCUT2D eigenvalue weighted by Gasteiger charge is 2.30.